The van der Waals surface area contributed by atoms with Crippen molar-refractivity contribution >= 4 is 12.0 Å². The van der Waals surface area contributed by atoms with Gasteiger partial charge in [0.1, 0.15) is 0 Å². The zero-order valence-electron chi connectivity index (χ0n) is 9.65. The highest BCUT2D eigenvalue weighted by Gasteiger charge is 1.95. The molecule has 0 atom stereocenters. The lowest BCUT2D eigenvalue weighted by atomic mass is 10.0. The van der Waals surface area contributed by atoms with E-state index in [4.69, 9.17) is 5.11 Å². The molecule has 2 nitrogen and oxygen atoms in total. The van der Waals surface area contributed by atoms with E-state index in [1.165, 1.54) is 30.9 Å². The second-order valence-corrected chi connectivity index (χ2v) is 3.87. The number of hydrogen-bond acceptors (Lipinski definition) is 1. The first-order valence-electron chi connectivity index (χ1n) is 5.72. The molecule has 1 aromatic rings. The first-order chi connectivity index (χ1) is 7.72. The second-order valence-electron chi connectivity index (χ2n) is 3.87. The van der Waals surface area contributed by atoms with Gasteiger partial charge < -0.3 is 5.11 Å². The van der Waals surface area contributed by atoms with Crippen LogP contribution in [0.4, 0.5) is 0 Å². The van der Waals surface area contributed by atoms with Gasteiger partial charge in [-0.15, -0.1) is 0 Å². The summed E-state index contributed by atoms with van der Waals surface area (Å²) in [5.74, 6) is -0.906. The molecule has 0 aliphatic carbocycles. The van der Waals surface area contributed by atoms with E-state index in [1.54, 1.807) is 6.08 Å². The van der Waals surface area contributed by atoms with Crippen LogP contribution >= 0.6 is 0 Å². The van der Waals surface area contributed by atoms with Gasteiger partial charge in [0.15, 0.2) is 0 Å². The van der Waals surface area contributed by atoms with Crippen LogP contribution in [0.15, 0.2) is 30.3 Å². The molecule has 86 valence electrons. The number of benzene rings is 1. The molecule has 0 fully saturated rings. The number of carboxylic acids is 1. The molecule has 0 aromatic heterocycles. The molecular formula is C14H18O2. The zero-order valence-corrected chi connectivity index (χ0v) is 9.65. The molecule has 1 N–H and O–H groups in total. The molecule has 0 spiro atoms. The SMILES string of the molecule is CCCCCc1cccc(C=CC(=O)O)c1. The Labute approximate surface area is 96.6 Å². The van der Waals surface area contributed by atoms with Crippen LogP contribution in [0.2, 0.25) is 0 Å². The van der Waals surface area contributed by atoms with Crippen molar-refractivity contribution in [3.05, 3.63) is 41.5 Å². The molecule has 0 unspecified atom stereocenters. The molecule has 0 aliphatic rings. The number of rotatable bonds is 6. The van der Waals surface area contributed by atoms with Crippen LogP contribution in [0.1, 0.15) is 37.3 Å². The minimum Gasteiger partial charge on any atom is -0.478 e. The highest BCUT2D eigenvalue weighted by Crippen LogP contribution is 2.10. The predicted octanol–water partition coefficient (Wildman–Crippen LogP) is 3.52. The number of hydrogen-bond donors (Lipinski definition) is 1. The van der Waals surface area contributed by atoms with Crippen molar-refractivity contribution in [2.75, 3.05) is 0 Å². The molecule has 1 rings (SSSR count). The maximum Gasteiger partial charge on any atom is 0.328 e. The molecule has 0 aliphatic heterocycles. The van der Waals surface area contributed by atoms with E-state index in [9.17, 15) is 4.79 Å². The summed E-state index contributed by atoms with van der Waals surface area (Å²) in [6, 6.07) is 8.04. The molecule has 0 heterocycles. The van der Waals surface area contributed by atoms with Gasteiger partial charge in [0, 0.05) is 6.08 Å². The van der Waals surface area contributed by atoms with Crippen LogP contribution in [0, 0.1) is 0 Å². The third-order valence-electron chi connectivity index (χ3n) is 2.44. The normalized spacial score (nSPS) is 10.8. The predicted molar refractivity (Wildman–Crippen MR) is 66.3 cm³/mol. The molecule has 0 amide bonds. The first kappa shape index (κ1) is 12.5. The molecule has 16 heavy (non-hydrogen) atoms. The molecule has 0 bridgehead atoms. The summed E-state index contributed by atoms with van der Waals surface area (Å²) in [5.41, 5.74) is 2.23. The fraction of sp³-hybridized carbons (Fsp3) is 0.357. The number of carbonyl (C=O) groups is 1. The third kappa shape index (κ3) is 4.78. The van der Waals surface area contributed by atoms with Crippen molar-refractivity contribution in [2.45, 2.75) is 32.6 Å². The van der Waals surface area contributed by atoms with Crippen LogP contribution in [0.5, 0.6) is 0 Å². The van der Waals surface area contributed by atoms with E-state index < -0.39 is 5.97 Å². The van der Waals surface area contributed by atoms with Gasteiger partial charge in [-0.2, -0.15) is 0 Å². The Morgan fingerprint density at radius 3 is 2.88 bits per heavy atom. The van der Waals surface area contributed by atoms with Crippen LogP contribution < -0.4 is 0 Å². The fourth-order valence-electron chi connectivity index (χ4n) is 1.60. The van der Waals surface area contributed by atoms with Crippen LogP contribution in [0.25, 0.3) is 6.08 Å². The van der Waals surface area contributed by atoms with E-state index in [2.05, 4.69) is 19.1 Å². The quantitative estimate of drug-likeness (QED) is 0.586. The van der Waals surface area contributed by atoms with Crippen LogP contribution in [-0.4, -0.2) is 11.1 Å². The summed E-state index contributed by atoms with van der Waals surface area (Å²) in [6.07, 6.45) is 7.54. The number of aryl methyl sites for hydroxylation is 1. The summed E-state index contributed by atoms with van der Waals surface area (Å²) >= 11 is 0. The van der Waals surface area contributed by atoms with Crippen LogP contribution in [0.3, 0.4) is 0 Å². The summed E-state index contributed by atoms with van der Waals surface area (Å²) in [7, 11) is 0. The minimum absolute atomic E-state index is 0.906. The van der Waals surface area contributed by atoms with Crippen molar-refractivity contribution in [2.24, 2.45) is 0 Å². The minimum atomic E-state index is -0.906. The Bertz CT molecular complexity index is 367. The van der Waals surface area contributed by atoms with E-state index in [1.807, 2.05) is 12.1 Å². The summed E-state index contributed by atoms with van der Waals surface area (Å²) in [5, 5.41) is 8.53. The largest absolute Gasteiger partial charge is 0.478 e. The fourth-order valence-corrected chi connectivity index (χ4v) is 1.60. The molecule has 0 saturated carbocycles. The van der Waals surface area contributed by atoms with Gasteiger partial charge in [0.2, 0.25) is 0 Å². The van der Waals surface area contributed by atoms with Crippen molar-refractivity contribution in [1.82, 2.24) is 0 Å². The Hall–Kier alpha value is -1.57. The molecular weight excluding hydrogens is 200 g/mol. The summed E-state index contributed by atoms with van der Waals surface area (Å²) < 4.78 is 0. The average Bonchev–Trinajstić information content (AvgIpc) is 2.27. The third-order valence-corrected chi connectivity index (χ3v) is 2.44. The Morgan fingerprint density at radius 2 is 2.19 bits per heavy atom. The maximum absolute atomic E-state index is 10.4. The van der Waals surface area contributed by atoms with Crippen molar-refractivity contribution in [1.29, 1.82) is 0 Å². The second kappa shape index (κ2) is 6.83. The van der Waals surface area contributed by atoms with Crippen molar-refractivity contribution in [3.8, 4) is 0 Å². The topological polar surface area (TPSA) is 37.3 Å². The Balaban J connectivity index is 2.60. The van der Waals surface area contributed by atoms with Gasteiger partial charge in [-0.3, -0.25) is 0 Å². The van der Waals surface area contributed by atoms with E-state index >= 15 is 0 Å². The van der Waals surface area contributed by atoms with Gasteiger partial charge in [0.25, 0.3) is 0 Å². The van der Waals surface area contributed by atoms with Crippen molar-refractivity contribution in [3.63, 3.8) is 0 Å². The Morgan fingerprint density at radius 1 is 1.38 bits per heavy atom. The average molecular weight is 218 g/mol. The zero-order chi connectivity index (χ0) is 11.8. The number of aliphatic carboxylic acids is 1. The van der Waals surface area contributed by atoms with E-state index in [0.717, 1.165) is 12.0 Å². The highest BCUT2D eigenvalue weighted by molar-refractivity contribution is 5.85. The van der Waals surface area contributed by atoms with Gasteiger partial charge in [-0.25, -0.2) is 4.79 Å². The van der Waals surface area contributed by atoms with Gasteiger partial charge in [0.05, 0.1) is 0 Å². The Kier molecular flexibility index (Phi) is 5.34. The summed E-state index contributed by atoms with van der Waals surface area (Å²) in [6.45, 7) is 2.19. The van der Waals surface area contributed by atoms with Gasteiger partial charge in [-0.1, -0.05) is 44.0 Å². The standard InChI is InChI=1S/C14H18O2/c1-2-3-4-6-12-7-5-8-13(11-12)9-10-14(15)16/h5,7-11H,2-4,6H2,1H3,(H,15,16). The maximum atomic E-state index is 10.4. The molecule has 0 saturated heterocycles. The lowest BCUT2D eigenvalue weighted by Crippen LogP contribution is -1.88. The molecule has 2 heteroatoms. The molecule has 0 radical (unpaired) electrons. The van der Waals surface area contributed by atoms with Crippen LogP contribution in [-0.2, 0) is 11.2 Å². The van der Waals surface area contributed by atoms with E-state index in [-0.39, 0.29) is 0 Å². The highest BCUT2D eigenvalue weighted by atomic mass is 16.4. The lowest BCUT2D eigenvalue weighted by molar-refractivity contribution is -0.131. The summed E-state index contributed by atoms with van der Waals surface area (Å²) in [4.78, 5) is 10.4. The van der Waals surface area contributed by atoms with Crippen molar-refractivity contribution < 1.29 is 9.90 Å². The van der Waals surface area contributed by atoms with Gasteiger partial charge in [-0.05, 0) is 30.0 Å². The number of unbranched alkanes of at least 4 members (excludes halogenated alkanes) is 2. The molecule has 1 aromatic carbocycles. The van der Waals surface area contributed by atoms with E-state index in [0.29, 0.717) is 0 Å². The lowest BCUT2D eigenvalue weighted by Gasteiger charge is -2.01. The smallest absolute Gasteiger partial charge is 0.328 e. The monoisotopic (exact) mass is 218 g/mol. The first-order valence-corrected chi connectivity index (χ1v) is 5.72. The number of carboxylic acid groups (broad SMARTS) is 1. The van der Waals surface area contributed by atoms with Gasteiger partial charge >= 0.3 is 5.97 Å².